The molecule has 4 heterocycles. The summed E-state index contributed by atoms with van der Waals surface area (Å²) in [7, 11) is 0. The molecule has 12 nitrogen and oxygen atoms in total. The molecule has 0 radical (unpaired) electrons. The van der Waals surface area contributed by atoms with Crippen molar-refractivity contribution < 1.29 is 33.6 Å². The molecule has 472 valence electrons. The maximum atomic E-state index is 13.5. The third-order valence-electron chi connectivity index (χ3n) is 26.5. The number of hydrogen-bond acceptors (Lipinski definition) is 8. The number of amides is 2. The minimum absolute atomic E-state index is 0. The summed E-state index contributed by atoms with van der Waals surface area (Å²) in [6.45, 7) is 21.3. The molecule has 8 aliphatic carbocycles. The van der Waals surface area contributed by atoms with Crippen molar-refractivity contribution >= 4 is 12.2 Å². The van der Waals surface area contributed by atoms with E-state index in [1.54, 1.807) is 22.3 Å². The van der Waals surface area contributed by atoms with Crippen LogP contribution in [0.4, 0.5) is 9.59 Å². The normalized spacial score (nSPS) is 43.5. The summed E-state index contributed by atoms with van der Waals surface area (Å²) in [5.41, 5.74) is 18.1. The Labute approximate surface area is 517 Å². The highest BCUT2D eigenvalue weighted by atomic mass is 16.6. The minimum Gasteiger partial charge on any atom is -0.445 e. The number of ether oxygens (including phenoxy) is 4. The highest BCUT2D eigenvalue weighted by Gasteiger charge is 2.63. The average molecular weight is 1180 g/mol. The van der Waals surface area contributed by atoms with Gasteiger partial charge in [0.25, 0.3) is 0 Å². The molecule has 0 aromatic heterocycles. The number of likely N-dealkylation sites (tertiary alicyclic amines) is 2. The maximum Gasteiger partial charge on any atom is 0.410 e. The molecule has 4 aliphatic heterocycles. The van der Waals surface area contributed by atoms with Crippen molar-refractivity contribution in [2.75, 3.05) is 13.1 Å². The molecule has 1 N–H and O–H groups in total. The molecule has 0 unspecified atom stereocenters. The summed E-state index contributed by atoms with van der Waals surface area (Å²) >= 11 is 0. The maximum absolute atomic E-state index is 13.5. The lowest BCUT2D eigenvalue weighted by Crippen LogP contribution is -2.54. The van der Waals surface area contributed by atoms with Crippen LogP contribution in [0.1, 0.15) is 210 Å². The van der Waals surface area contributed by atoms with Gasteiger partial charge in [-0.2, -0.15) is 0 Å². The summed E-state index contributed by atoms with van der Waals surface area (Å²) in [6, 6.07) is 20.3. The molecule has 10 fully saturated rings. The van der Waals surface area contributed by atoms with Crippen molar-refractivity contribution in [3.05, 3.63) is 105 Å². The Hall–Kier alpha value is -4.35. The van der Waals surface area contributed by atoms with Gasteiger partial charge in [-0.05, 0) is 229 Å². The van der Waals surface area contributed by atoms with Crippen molar-refractivity contribution in [2.45, 2.75) is 260 Å². The lowest BCUT2D eigenvalue weighted by molar-refractivity contribution is -0.0832. The molecule has 12 aliphatic rings. The van der Waals surface area contributed by atoms with Gasteiger partial charge < -0.3 is 33.9 Å². The molecule has 22 atom stereocenters. The number of carbonyl (C=O) groups excluding carboxylic acids is 2. The van der Waals surface area contributed by atoms with E-state index in [4.69, 9.17) is 24.5 Å². The molecule has 2 spiro atoms. The van der Waals surface area contributed by atoms with E-state index >= 15 is 0 Å². The van der Waals surface area contributed by atoms with Gasteiger partial charge in [0.2, 0.25) is 0 Å². The third kappa shape index (κ3) is 11.1. The van der Waals surface area contributed by atoms with Gasteiger partial charge in [0.1, 0.15) is 13.2 Å². The number of nitrogens with zero attached hydrogens (tertiary/aromatic N) is 5. The number of carbonyl (C=O) groups is 2. The van der Waals surface area contributed by atoms with Crippen LogP contribution in [0.25, 0.3) is 10.4 Å². The lowest BCUT2D eigenvalue weighted by Gasteiger charge is -2.53. The predicted molar refractivity (Wildman–Crippen MR) is 340 cm³/mol. The fourth-order valence-corrected chi connectivity index (χ4v) is 22.3. The molecule has 2 amide bonds. The first-order chi connectivity index (χ1) is 40.4. The van der Waals surface area contributed by atoms with Crippen LogP contribution in [0, 0.1) is 81.8 Å². The monoisotopic (exact) mass is 1180 g/mol. The molecule has 2 aromatic rings. The number of piperidine rings is 2. The number of benzene rings is 2. The molecular formula is C74H109N5O7. The number of hydrogen-bond donors (Lipinski definition) is 1. The van der Waals surface area contributed by atoms with Crippen molar-refractivity contribution in [3.8, 4) is 0 Å². The van der Waals surface area contributed by atoms with Crippen molar-refractivity contribution in [1.29, 1.82) is 0 Å². The first-order valence-electron chi connectivity index (χ1n) is 33.8. The van der Waals surface area contributed by atoms with E-state index in [-0.39, 0.29) is 86.5 Å². The SMILES string of the molecule is C.C.CC1=C2C[C@H]3[C@@H](CC[C@@H]4C[C@@H](O)CC[C@@]43C)[C@@H]2CC[C@@]2(C1)O[C@@H]1C[C@H](C)CN(C(=O)OCc3ccccc3)[C@H]1[C@H]2C.CC1=C2C[C@H]3[C@@H](CC[C@@H]4C[C@H](N=[N+]=[N-])CC[C@@]43C)[C@@H]2CC[C@@]2(C1)O[C@@H]1C[C@H](C)CN(C(=O)OCc3ccccc3)[C@H]1[C@H]2C. The Morgan fingerprint density at radius 3 is 1.51 bits per heavy atom. The van der Waals surface area contributed by atoms with Gasteiger partial charge in [-0.1, -0.05) is 144 Å². The molecule has 14 rings (SSSR count). The molecule has 6 saturated carbocycles. The van der Waals surface area contributed by atoms with Crippen LogP contribution in [0.5, 0.6) is 0 Å². The second kappa shape index (κ2) is 24.8. The van der Waals surface area contributed by atoms with Crippen LogP contribution in [-0.4, -0.2) is 87.8 Å². The summed E-state index contributed by atoms with van der Waals surface area (Å²) in [6.07, 6.45) is 22.5. The fraction of sp³-hybridized carbons (Fsp3) is 0.757. The van der Waals surface area contributed by atoms with Crippen LogP contribution in [0.15, 0.2) is 88.1 Å². The van der Waals surface area contributed by atoms with Gasteiger partial charge in [-0.3, -0.25) is 0 Å². The highest BCUT2D eigenvalue weighted by Crippen LogP contribution is 2.68. The largest absolute Gasteiger partial charge is 0.445 e. The predicted octanol–water partition coefficient (Wildman–Crippen LogP) is 17.6. The summed E-state index contributed by atoms with van der Waals surface area (Å²) in [5.74, 6) is 7.15. The Morgan fingerprint density at radius 2 is 1.06 bits per heavy atom. The number of allylic oxidation sites excluding steroid dienone is 2. The quantitative estimate of drug-likeness (QED) is 0.136. The van der Waals surface area contributed by atoms with Gasteiger partial charge in [0.05, 0.1) is 41.6 Å². The van der Waals surface area contributed by atoms with Gasteiger partial charge in [-0.25, -0.2) is 9.59 Å². The van der Waals surface area contributed by atoms with Gasteiger partial charge in [0.15, 0.2) is 0 Å². The highest BCUT2D eigenvalue weighted by molar-refractivity contribution is 5.69. The van der Waals surface area contributed by atoms with Crippen LogP contribution in [-0.2, 0) is 32.2 Å². The number of rotatable bonds is 5. The number of aliphatic hydroxyl groups excluding tert-OH is 1. The first-order valence-corrected chi connectivity index (χ1v) is 33.8. The zero-order valence-electron chi connectivity index (χ0n) is 52.3. The van der Waals surface area contributed by atoms with Crippen LogP contribution >= 0.6 is 0 Å². The summed E-state index contributed by atoms with van der Waals surface area (Å²) < 4.78 is 26.1. The summed E-state index contributed by atoms with van der Waals surface area (Å²) in [4.78, 5) is 34.3. The Morgan fingerprint density at radius 1 is 0.616 bits per heavy atom. The molecule has 2 aromatic carbocycles. The zero-order chi connectivity index (χ0) is 58.5. The summed E-state index contributed by atoms with van der Waals surface area (Å²) in [5, 5.41) is 14.6. The van der Waals surface area contributed by atoms with E-state index in [9.17, 15) is 14.7 Å². The van der Waals surface area contributed by atoms with Gasteiger partial charge in [0, 0.05) is 35.9 Å². The van der Waals surface area contributed by atoms with E-state index in [1.165, 1.54) is 64.2 Å². The van der Waals surface area contributed by atoms with Crippen molar-refractivity contribution in [2.24, 2.45) is 87.0 Å². The molecule has 4 saturated heterocycles. The van der Waals surface area contributed by atoms with Crippen molar-refractivity contribution in [3.63, 3.8) is 0 Å². The van der Waals surface area contributed by atoms with E-state index in [1.807, 2.05) is 70.5 Å². The average Bonchev–Trinajstić information content (AvgIpc) is 1.58. The third-order valence-corrected chi connectivity index (χ3v) is 26.5. The van der Waals surface area contributed by atoms with E-state index in [0.717, 1.165) is 112 Å². The van der Waals surface area contributed by atoms with Gasteiger partial charge in [-0.15, -0.1) is 0 Å². The molecule has 0 bridgehead atoms. The first kappa shape index (κ1) is 63.2. The standard InChI is InChI=1S/C36H50N4O3.C36H51NO4.2CH4/c1-22-16-32-33(40(20-22)34(41)42-21-25-8-6-5-7-9-25)24(3)36(43-32)15-13-28-29-11-10-26-17-27(38-39-37)12-14-35(26,4)31(29)18-30(28)23(2)19-36;1-22-16-32-33(37(20-22)34(39)40-21-25-8-6-5-7-9-25)24(3)36(41-32)15-13-28-29-11-10-26-17-27(38)12-14-35(26,4)31(29)18-30(28)23(2)19-36;;/h5-9,22,24,26-29,31-33H,10-21H2,1-4H3;5-9,22,24,26-29,31-33,38H,10-21H2,1-4H3;2*1H4/t22-,24+,26+,27+,28-,29-,31-,32+,33-,35-,36-;22-,24+,26+,27-,28-,29-,31-,32+,33-,35-,36-;;/m00../s1. The lowest BCUT2D eigenvalue weighted by atomic mass is 9.52. The fourth-order valence-electron chi connectivity index (χ4n) is 22.3. The smallest absolute Gasteiger partial charge is 0.410 e. The van der Waals surface area contributed by atoms with Crippen molar-refractivity contribution in [1.82, 2.24) is 9.80 Å². The number of aliphatic hydroxyl groups is 1. The minimum atomic E-state index is -0.206. The van der Waals surface area contributed by atoms with E-state index < -0.39 is 0 Å². The second-order valence-electron chi connectivity index (χ2n) is 30.9. The zero-order valence-corrected chi connectivity index (χ0v) is 52.3. The molecular weight excluding hydrogens is 1070 g/mol. The molecule has 86 heavy (non-hydrogen) atoms. The van der Waals surface area contributed by atoms with Gasteiger partial charge >= 0.3 is 12.2 Å². The Balaban J connectivity index is 0.000000175. The Kier molecular flexibility index (Phi) is 18.2. The Bertz CT molecular complexity index is 2870. The second-order valence-corrected chi connectivity index (χ2v) is 30.9. The topological polar surface area (TPSA) is 147 Å². The molecule has 12 heteroatoms. The van der Waals surface area contributed by atoms with Crippen LogP contribution in [0.3, 0.4) is 0 Å². The van der Waals surface area contributed by atoms with E-state index in [2.05, 4.69) is 65.4 Å². The number of fused-ring (bicyclic) bond motifs is 12. The van der Waals surface area contributed by atoms with Crippen LogP contribution < -0.4 is 0 Å². The van der Waals surface area contributed by atoms with E-state index in [0.29, 0.717) is 59.6 Å². The number of azide groups is 1. The van der Waals surface area contributed by atoms with Crippen LogP contribution in [0.2, 0.25) is 0 Å².